The van der Waals surface area contributed by atoms with Crippen molar-refractivity contribution in [3.05, 3.63) is 52.0 Å². The van der Waals surface area contributed by atoms with Crippen molar-refractivity contribution in [1.29, 1.82) is 0 Å². The van der Waals surface area contributed by atoms with E-state index in [2.05, 4.69) is 9.62 Å². The fourth-order valence-electron chi connectivity index (χ4n) is 4.73. The molecule has 174 valence electrons. The number of sulfonamides is 1. The molecule has 1 fully saturated rings. The Hall–Kier alpha value is -1.80. The van der Waals surface area contributed by atoms with Crippen molar-refractivity contribution in [3.8, 4) is 11.5 Å². The normalized spacial score (nSPS) is 19.8. The lowest BCUT2D eigenvalue weighted by atomic mass is 9.97. The summed E-state index contributed by atoms with van der Waals surface area (Å²) < 4.78 is 40.6. The Bertz CT molecular complexity index is 1060. The van der Waals surface area contributed by atoms with E-state index in [0.717, 1.165) is 54.9 Å². The Morgan fingerprint density at radius 2 is 1.75 bits per heavy atom. The molecule has 1 atom stereocenters. The molecule has 1 N–H and O–H groups in total. The van der Waals surface area contributed by atoms with Gasteiger partial charge in [0.2, 0.25) is 10.0 Å². The maximum Gasteiger partial charge on any atom is 0.241 e. The number of hydrogen-bond acceptors (Lipinski definition) is 5. The highest BCUT2D eigenvalue weighted by Crippen LogP contribution is 2.34. The summed E-state index contributed by atoms with van der Waals surface area (Å²) in [5.74, 6) is 1.76. The number of fused-ring (bicyclic) bond motifs is 1. The average molecular weight is 479 g/mol. The number of piperidine rings is 1. The summed E-state index contributed by atoms with van der Waals surface area (Å²) in [6, 6.07) is 9.26. The Labute approximate surface area is 195 Å². The topological polar surface area (TPSA) is 67.9 Å². The monoisotopic (exact) mass is 478 g/mol. The van der Waals surface area contributed by atoms with Crippen LogP contribution in [0.3, 0.4) is 0 Å². The molecule has 2 aromatic carbocycles. The molecule has 0 amide bonds. The number of ether oxygens (including phenoxy) is 2. The zero-order valence-corrected chi connectivity index (χ0v) is 20.4. The van der Waals surface area contributed by atoms with Crippen molar-refractivity contribution in [3.63, 3.8) is 0 Å². The summed E-state index contributed by atoms with van der Waals surface area (Å²) in [6.45, 7) is 9.30. The van der Waals surface area contributed by atoms with E-state index in [-0.39, 0.29) is 6.10 Å². The molecule has 2 heterocycles. The van der Waals surface area contributed by atoms with E-state index in [0.29, 0.717) is 34.7 Å². The highest BCUT2D eigenvalue weighted by molar-refractivity contribution is 7.89. The molecule has 1 saturated heterocycles. The number of likely N-dealkylation sites (tertiary alicyclic amines) is 1. The standard InChI is InChI=1S/C24H31ClN2O4S/c1-16-10-17(2)24(18(3)11-16)32(28,29)26-13-19-6-8-27(9-7-19)14-21-15-30-22-5-4-20(25)12-23(22)31-21/h4-5,10-12,19,21,26H,6-9,13-15H2,1-3H3. The summed E-state index contributed by atoms with van der Waals surface area (Å²) >= 11 is 6.06. The lowest BCUT2D eigenvalue weighted by Crippen LogP contribution is -2.45. The first kappa shape index (κ1) is 23.4. The SMILES string of the molecule is Cc1cc(C)c(S(=O)(=O)NCC2CCN(CC3COc4ccc(Cl)cc4O3)CC2)c(C)c1. The Morgan fingerprint density at radius 1 is 1.06 bits per heavy atom. The molecule has 8 heteroatoms. The van der Waals surface area contributed by atoms with Gasteiger partial charge in [-0.2, -0.15) is 0 Å². The van der Waals surface area contributed by atoms with Crippen LogP contribution in [0.2, 0.25) is 5.02 Å². The van der Waals surface area contributed by atoms with Crippen LogP contribution in [0, 0.1) is 26.7 Å². The maximum atomic E-state index is 12.9. The molecule has 0 radical (unpaired) electrons. The highest BCUT2D eigenvalue weighted by atomic mass is 35.5. The molecule has 0 bridgehead atoms. The van der Waals surface area contributed by atoms with Crippen LogP contribution in [-0.4, -0.2) is 52.2 Å². The van der Waals surface area contributed by atoms with Gasteiger partial charge in [-0.15, -0.1) is 0 Å². The molecule has 32 heavy (non-hydrogen) atoms. The summed E-state index contributed by atoms with van der Waals surface area (Å²) in [7, 11) is -3.52. The van der Waals surface area contributed by atoms with Crippen molar-refractivity contribution in [2.45, 2.75) is 44.6 Å². The molecular formula is C24H31ClN2O4S. The quantitative estimate of drug-likeness (QED) is 0.677. The zero-order valence-electron chi connectivity index (χ0n) is 18.9. The number of rotatable bonds is 6. The van der Waals surface area contributed by atoms with Gasteiger partial charge in [-0.05, 0) is 75.9 Å². The molecule has 2 aromatic rings. The van der Waals surface area contributed by atoms with Crippen molar-refractivity contribution >= 4 is 21.6 Å². The number of nitrogens with one attached hydrogen (secondary N) is 1. The minimum absolute atomic E-state index is 0.0384. The van der Waals surface area contributed by atoms with Gasteiger partial charge in [-0.3, -0.25) is 4.90 Å². The smallest absolute Gasteiger partial charge is 0.241 e. The molecule has 0 saturated carbocycles. The van der Waals surface area contributed by atoms with Crippen LogP contribution >= 0.6 is 11.6 Å². The Balaban J connectivity index is 1.27. The summed E-state index contributed by atoms with van der Waals surface area (Å²) in [5, 5.41) is 0.632. The van der Waals surface area contributed by atoms with Crippen molar-refractivity contribution in [2.75, 3.05) is 32.8 Å². The molecule has 6 nitrogen and oxygen atoms in total. The largest absolute Gasteiger partial charge is 0.486 e. The fraction of sp³-hybridized carbons (Fsp3) is 0.500. The second kappa shape index (κ2) is 9.59. The number of halogens is 1. The van der Waals surface area contributed by atoms with Crippen molar-refractivity contribution in [1.82, 2.24) is 9.62 Å². The number of benzene rings is 2. The van der Waals surface area contributed by atoms with Crippen LogP contribution in [0.4, 0.5) is 0 Å². The summed E-state index contributed by atoms with van der Waals surface area (Å²) in [5.41, 5.74) is 2.66. The van der Waals surface area contributed by atoms with Gasteiger partial charge in [0.1, 0.15) is 12.7 Å². The van der Waals surface area contributed by atoms with E-state index < -0.39 is 10.0 Å². The van der Waals surface area contributed by atoms with Crippen LogP contribution in [0.1, 0.15) is 29.5 Å². The van der Waals surface area contributed by atoms with Gasteiger partial charge < -0.3 is 9.47 Å². The van der Waals surface area contributed by atoms with Crippen LogP contribution in [0.25, 0.3) is 0 Å². The predicted molar refractivity (Wildman–Crippen MR) is 126 cm³/mol. The Kier molecular flexibility index (Phi) is 7.00. The third-order valence-corrected chi connectivity index (χ3v) is 8.19. The zero-order chi connectivity index (χ0) is 22.9. The van der Waals surface area contributed by atoms with E-state index in [1.807, 2.05) is 39.0 Å². The molecule has 2 aliphatic heterocycles. The van der Waals surface area contributed by atoms with Crippen molar-refractivity contribution < 1.29 is 17.9 Å². The summed E-state index contributed by atoms with van der Waals surface area (Å²) in [6.07, 6.45) is 1.86. The minimum Gasteiger partial charge on any atom is -0.486 e. The van der Waals surface area contributed by atoms with Crippen molar-refractivity contribution in [2.24, 2.45) is 5.92 Å². The summed E-state index contributed by atoms with van der Waals surface area (Å²) in [4.78, 5) is 2.78. The first-order valence-electron chi connectivity index (χ1n) is 11.1. The minimum atomic E-state index is -3.52. The molecule has 4 rings (SSSR count). The third-order valence-electron chi connectivity index (χ3n) is 6.23. The second-order valence-corrected chi connectivity index (χ2v) is 11.1. The predicted octanol–water partition coefficient (Wildman–Crippen LogP) is 4.10. The van der Waals surface area contributed by atoms with E-state index in [1.54, 1.807) is 12.1 Å². The number of aryl methyl sites for hydroxylation is 3. The van der Waals surface area contributed by atoms with E-state index in [4.69, 9.17) is 21.1 Å². The van der Waals surface area contributed by atoms with Gasteiger partial charge in [0.15, 0.2) is 11.5 Å². The second-order valence-electron chi connectivity index (χ2n) is 8.97. The highest BCUT2D eigenvalue weighted by Gasteiger charge is 2.28. The van der Waals surface area contributed by atoms with Gasteiger partial charge in [-0.1, -0.05) is 29.3 Å². The average Bonchev–Trinajstić information content (AvgIpc) is 2.72. The van der Waals surface area contributed by atoms with Gasteiger partial charge in [0.05, 0.1) is 4.90 Å². The van der Waals surface area contributed by atoms with Gasteiger partial charge in [0, 0.05) is 24.2 Å². The Morgan fingerprint density at radius 3 is 2.44 bits per heavy atom. The van der Waals surface area contributed by atoms with Gasteiger partial charge in [0.25, 0.3) is 0 Å². The first-order valence-corrected chi connectivity index (χ1v) is 13.0. The lowest BCUT2D eigenvalue weighted by molar-refractivity contribution is 0.0481. The molecule has 2 aliphatic rings. The molecule has 0 aromatic heterocycles. The number of nitrogens with zero attached hydrogens (tertiary/aromatic N) is 1. The van der Waals surface area contributed by atoms with E-state index in [1.165, 1.54) is 0 Å². The van der Waals surface area contributed by atoms with Crippen LogP contribution in [-0.2, 0) is 10.0 Å². The third kappa shape index (κ3) is 5.39. The molecule has 0 spiro atoms. The van der Waals surface area contributed by atoms with E-state index in [9.17, 15) is 8.42 Å². The van der Waals surface area contributed by atoms with Gasteiger partial charge in [-0.25, -0.2) is 13.1 Å². The maximum absolute atomic E-state index is 12.9. The first-order chi connectivity index (χ1) is 15.2. The number of hydrogen-bond donors (Lipinski definition) is 1. The lowest BCUT2D eigenvalue weighted by Gasteiger charge is -2.35. The van der Waals surface area contributed by atoms with Crippen LogP contribution < -0.4 is 14.2 Å². The van der Waals surface area contributed by atoms with Gasteiger partial charge >= 0.3 is 0 Å². The molecular weight excluding hydrogens is 448 g/mol. The fourth-order valence-corrected chi connectivity index (χ4v) is 6.46. The van der Waals surface area contributed by atoms with Crippen LogP contribution in [0.5, 0.6) is 11.5 Å². The van der Waals surface area contributed by atoms with Crippen LogP contribution in [0.15, 0.2) is 35.2 Å². The molecule has 1 unspecified atom stereocenters. The van der Waals surface area contributed by atoms with E-state index >= 15 is 0 Å². The molecule has 0 aliphatic carbocycles.